The van der Waals surface area contributed by atoms with Crippen LogP contribution in [-0.4, -0.2) is 49.3 Å². The summed E-state index contributed by atoms with van der Waals surface area (Å²) in [7, 11) is 0. The molecule has 0 aromatic carbocycles. The van der Waals surface area contributed by atoms with E-state index in [2.05, 4.69) is 26.6 Å². The second-order valence-corrected chi connectivity index (χ2v) is 4.97. The van der Waals surface area contributed by atoms with Crippen molar-refractivity contribution in [1.82, 2.24) is 19.6 Å². The molecule has 2 N–H and O–H groups in total. The van der Waals surface area contributed by atoms with Crippen molar-refractivity contribution in [2.75, 3.05) is 23.9 Å². The maximum absolute atomic E-state index is 9.07. The summed E-state index contributed by atoms with van der Waals surface area (Å²) in [4.78, 5) is 8.38. The highest BCUT2D eigenvalue weighted by atomic mass is 32.2. The normalized spacial score (nSPS) is 12.8. The molecule has 0 saturated heterocycles. The van der Waals surface area contributed by atoms with Gasteiger partial charge >= 0.3 is 0 Å². The predicted molar refractivity (Wildman–Crippen MR) is 73.0 cm³/mol. The summed E-state index contributed by atoms with van der Waals surface area (Å²) in [6, 6.07) is 2.14. The smallest absolute Gasteiger partial charge is 0.254 e. The van der Waals surface area contributed by atoms with Crippen LogP contribution in [0.1, 0.15) is 12.1 Å². The Morgan fingerprint density at radius 3 is 3.11 bits per heavy atom. The van der Waals surface area contributed by atoms with E-state index in [1.54, 1.807) is 16.3 Å². The highest BCUT2D eigenvalue weighted by Gasteiger charge is 2.11. The maximum atomic E-state index is 9.07. The summed E-state index contributed by atoms with van der Waals surface area (Å²) in [5.41, 5.74) is 0.893. The Bertz CT molecular complexity index is 509. The Labute approximate surface area is 110 Å². The van der Waals surface area contributed by atoms with E-state index in [4.69, 9.17) is 5.11 Å². The fourth-order valence-electron chi connectivity index (χ4n) is 1.80. The van der Waals surface area contributed by atoms with E-state index in [1.807, 2.05) is 13.0 Å². The molecule has 2 aromatic rings. The molecule has 0 aliphatic rings. The van der Waals surface area contributed by atoms with Crippen LogP contribution in [0.4, 0.5) is 5.82 Å². The average molecular weight is 267 g/mol. The van der Waals surface area contributed by atoms with Crippen LogP contribution in [0.5, 0.6) is 0 Å². The number of fused-ring (bicyclic) bond motifs is 1. The number of nitrogens with zero attached hydrogens (tertiary/aromatic N) is 4. The molecule has 98 valence electrons. The number of aliphatic hydroxyl groups excluding tert-OH is 1. The number of aliphatic hydroxyl groups is 1. The molecule has 18 heavy (non-hydrogen) atoms. The lowest BCUT2D eigenvalue weighted by Crippen LogP contribution is -2.25. The molecule has 2 rings (SSSR count). The van der Waals surface area contributed by atoms with Gasteiger partial charge in [0.1, 0.15) is 12.1 Å². The average Bonchev–Trinajstić information content (AvgIpc) is 2.77. The lowest BCUT2D eigenvalue weighted by atomic mass is 10.2. The second-order valence-electron chi connectivity index (χ2n) is 4.06. The standard InChI is InChI=1S/C11H17N5OS/c1-8-5-10(15-9(3-4-17)6-18-2)16-11(14-8)12-7-13-16/h5,7,9,15,17H,3-4,6H2,1-2H3. The van der Waals surface area contributed by atoms with Gasteiger partial charge in [-0.25, -0.2) is 4.98 Å². The molecular weight excluding hydrogens is 250 g/mol. The molecule has 1 unspecified atom stereocenters. The summed E-state index contributed by atoms with van der Waals surface area (Å²) in [5.74, 6) is 2.38. The Morgan fingerprint density at radius 1 is 1.56 bits per heavy atom. The summed E-state index contributed by atoms with van der Waals surface area (Å²) < 4.78 is 1.68. The van der Waals surface area contributed by atoms with Crippen LogP contribution in [0.15, 0.2) is 12.4 Å². The van der Waals surface area contributed by atoms with Crippen LogP contribution >= 0.6 is 11.8 Å². The molecule has 1 atom stereocenters. The zero-order valence-electron chi connectivity index (χ0n) is 10.5. The SMILES string of the molecule is CSCC(CCO)Nc1cc(C)nc2ncnn12. The summed E-state index contributed by atoms with van der Waals surface area (Å²) in [6.07, 6.45) is 4.25. The quantitative estimate of drug-likeness (QED) is 0.812. The van der Waals surface area contributed by atoms with Crippen molar-refractivity contribution in [2.24, 2.45) is 0 Å². The van der Waals surface area contributed by atoms with Gasteiger partial charge in [0, 0.05) is 30.2 Å². The van der Waals surface area contributed by atoms with Gasteiger partial charge in [-0.05, 0) is 19.6 Å². The van der Waals surface area contributed by atoms with Crippen LogP contribution in [0, 0.1) is 6.92 Å². The van der Waals surface area contributed by atoms with Crippen molar-refractivity contribution in [3.05, 3.63) is 18.1 Å². The van der Waals surface area contributed by atoms with Crippen molar-refractivity contribution in [3.8, 4) is 0 Å². The van der Waals surface area contributed by atoms with Crippen LogP contribution in [0.3, 0.4) is 0 Å². The van der Waals surface area contributed by atoms with Gasteiger partial charge in [-0.3, -0.25) is 0 Å². The van der Waals surface area contributed by atoms with Crippen molar-refractivity contribution < 1.29 is 5.11 Å². The largest absolute Gasteiger partial charge is 0.396 e. The van der Waals surface area contributed by atoms with Crippen molar-refractivity contribution >= 4 is 23.4 Å². The molecular formula is C11H17N5OS. The summed E-state index contributed by atoms with van der Waals surface area (Å²) >= 11 is 1.75. The zero-order valence-corrected chi connectivity index (χ0v) is 11.3. The molecule has 0 fully saturated rings. The predicted octanol–water partition coefficient (Wildman–Crippen LogP) is 0.959. The van der Waals surface area contributed by atoms with Gasteiger partial charge < -0.3 is 10.4 Å². The molecule has 0 saturated carbocycles. The number of rotatable bonds is 6. The van der Waals surface area contributed by atoms with Gasteiger partial charge in [-0.2, -0.15) is 26.4 Å². The number of hydrogen-bond acceptors (Lipinski definition) is 6. The molecule has 2 heterocycles. The van der Waals surface area contributed by atoms with Crippen LogP contribution in [0.25, 0.3) is 5.78 Å². The van der Waals surface area contributed by atoms with E-state index in [-0.39, 0.29) is 12.6 Å². The lowest BCUT2D eigenvalue weighted by molar-refractivity contribution is 0.282. The minimum Gasteiger partial charge on any atom is -0.396 e. The Morgan fingerprint density at radius 2 is 2.39 bits per heavy atom. The minimum atomic E-state index is 0.169. The van der Waals surface area contributed by atoms with E-state index in [0.29, 0.717) is 12.2 Å². The van der Waals surface area contributed by atoms with Crippen molar-refractivity contribution in [1.29, 1.82) is 0 Å². The Hall–Kier alpha value is -1.34. The summed E-state index contributed by atoms with van der Waals surface area (Å²) in [6.45, 7) is 2.10. The van der Waals surface area contributed by atoms with Gasteiger partial charge in [0.25, 0.3) is 5.78 Å². The van der Waals surface area contributed by atoms with Gasteiger partial charge in [-0.15, -0.1) is 0 Å². The van der Waals surface area contributed by atoms with E-state index in [9.17, 15) is 0 Å². The molecule has 7 heteroatoms. The van der Waals surface area contributed by atoms with Crippen LogP contribution in [-0.2, 0) is 0 Å². The number of aromatic nitrogens is 4. The van der Waals surface area contributed by atoms with Crippen LogP contribution < -0.4 is 5.32 Å². The minimum absolute atomic E-state index is 0.169. The molecule has 0 aliphatic carbocycles. The first-order valence-corrected chi connectivity index (χ1v) is 7.17. The number of nitrogens with one attached hydrogen (secondary N) is 1. The van der Waals surface area contributed by atoms with Gasteiger partial charge in [0.2, 0.25) is 0 Å². The molecule has 0 amide bonds. The second kappa shape index (κ2) is 6.01. The highest BCUT2D eigenvalue weighted by molar-refractivity contribution is 7.98. The third-order valence-electron chi connectivity index (χ3n) is 2.58. The molecule has 6 nitrogen and oxygen atoms in total. The first-order valence-electron chi connectivity index (χ1n) is 5.78. The highest BCUT2D eigenvalue weighted by Crippen LogP contribution is 2.14. The third kappa shape index (κ3) is 2.91. The number of hydrogen-bond donors (Lipinski definition) is 2. The monoisotopic (exact) mass is 267 g/mol. The summed E-state index contributed by atoms with van der Waals surface area (Å²) in [5, 5.41) is 16.6. The first kappa shape index (κ1) is 13.1. The van der Waals surface area contributed by atoms with Crippen molar-refractivity contribution in [3.63, 3.8) is 0 Å². The molecule has 0 radical (unpaired) electrons. The third-order valence-corrected chi connectivity index (χ3v) is 3.31. The topological polar surface area (TPSA) is 75.3 Å². The first-order chi connectivity index (χ1) is 8.74. The molecule has 0 bridgehead atoms. The van der Waals surface area contributed by atoms with E-state index in [1.165, 1.54) is 6.33 Å². The fourth-order valence-corrected chi connectivity index (χ4v) is 2.45. The van der Waals surface area contributed by atoms with E-state index >= 15 is 0 Å². The number of aryl methyl sites for hydroxylation is 1. The molecule has 2 aromatic heterocycles. The molecule has 0 spiro atoms. The van der Waals surface area contributed by atoms with Crippen LogP contribution in [0.2, 0.25) is 0 Å². The molecule has 0 aliphatic heterocycles. The maximum Gasteiger partial charge on any atom is 0.254 e. The van der Waals surface area contributed by atoms with Gasteiger partial charge in [0.15, 0.2) is 0 Å². The van der Waals surface area contributed by atoms with Crippen molar-refractivity contribution in [2.45, 2.75) is 19.4 Å². The zero-order chi connectivity index (χ0) is 13.0. The van der Waals surface area contributed by atoms with Gasteiger partial charge in [0.05, 0.1) is 0 Å². The van der Waals surface area contributed by atoms with E-state index in [0.717, 1.165) is 17.3 Å². The van der Waals surface area contributed by atoms with E-state index < -0.39 is 0 Å². The number of anilines is 1. The Kier molecular flexibility index (Phi) is 4.38. The number of thioether (sulfide) groups is 1. The fraction of sp³-hybridized carbons (Fsp3) is 0.545. The Balaban J connectivity index is 2.26. The van der Waals surface area contributed by atoms with Gasteiger partial charge in [-0.1, -0.05) is 0 Å². The lowest BCUT2D eigenvalue weighted by Gasteiger charge is -2.18.